The van der Waals surface area contributed by atoms with Gasteiger partial charge in [-0.2, -0.15) is 0 Å². The van der Waals surface area contributed by atoms with Crippen molar-refractivity contribution in [2.24, 2.45) is 0 Å². The van der Waals surface area contributed by atoms with E-state index in [-0.39, 0.29) is 52.5 Å². The van der Waals surface area contributed by atoms with Gasteiger partial charge in [-0.1, -0.05) is 24.3 Å². The second kappa shape index (κ2) is 18.6. The molecular formula is C30H32CuO12. The summed E-state index contributed by atoms with van der Waals surface area (Å²) in [6.45, 7) is 5.62. The molecule has 0 amide bonds. The average molecular weight is 648 g/mol. The fraction of sp³-hybridized carbons (Fsp3) is 0.267. The standard InChI is InChI=1S/2C15H16O6.Cu/c2*1-4-21-15(19)12(9(2)16)13(17)10-6-5-7-11(8-10)14(18)20-3;/h2*5-8,17H,4H2,1-3H3;/b2*13-12+;. The third-order valence-corrected chi connectivity index (χ3v) is 5.25. The first-order valence-corrected chi connectivity index (χ1v) is 12.4. The normalized spacial score (nSPS) is 11.1. The first kappa shape index (κ1) is 38.3. The molecule has 2 N–H and O–H groups in total. The minimum absolute atomic E-state index is 0. The topological polar surface area (TPSA) is 180 Å². The van der Waals surface area contributed by atoms with Gasteiger partial charge < -0.3 is 29.2 Å². The molecule has 0 bridgehead atoms. The van der Waals surface area contributed by atoms with E-state index in [9.17, 15) is 39.0 Å². The summed E-state index contributed by atoms with van der Waals surface area (Å²) in [5.41, 5.74) is -0.244. The number of benzene rings is 2. The van der Waals surface area contributed by atoms with Crippen LogP contribution < -0.4 is 0 Å². The summed E-state index contributed by atoms with van der Waals surface area (Å²) >= 11 is 0. The number of hydrogen-bond acceptors (Lipinski definition) is 12. The molecule has 0 aliphatic heterocycles. The number of aliphatic hydroxyl groups excluding tert-OH is 2. The van der Waals surface area contributed by atoms with Crippen LogP contribution in [0.25, 0.3) is 11.5 Å². The number of methoxy groups -OCH3 is 2. The molecule has 0 aromatic heterocycles. The Morgan fingerprint density at radius 3 is 1.16 bits per heavy atom. The van der Waals surface area contributed by atoms with Crippen molar-refractivity contribution >= 4 is 47.0 Å². The SMILES string of the molecule is CCOC(=O)/C(C(C)=O)=C(/O)c1cccc(C(=O)OC)c1.CCOC(=O)/C(C(C)=O)=C(/O)c1cccc(C(=O)OC)c1.[Cu]. The third-order valence-electron chi connectivity index (χ3n) is 5.25. The quantitative estimate of drug-likeness (QED) is 0.0726. The smallest absolute Gasteiger partial charge is 0.345 e. The van der Waals surface area contributed by atoms with Crippen LogP contribution in [-0.4, -0.2) is 73.1 Å². The van der Waals surface area contributed by atoms with Crippen molar-refractivity contribution in [2.75, 3.05) is 27.4 Å². The molecule has 43 heavy (non-hydrogen) atoms. The Morgan fingerprint density at radius 2 is 0.907 bits per heavy atom. The molecule has 0 spiro atoms. The maximum absolute atomic E-state index is 11.7. The molecule has 12 nitrogen and oxygen atoms in total. The summed E-state index contributed by atoms with van der Waals surface area (Å²) in [7, 11) is 2.45. The first-order chi connectivity index (χ1) is 19.8. The Balaban J connectivity index is 0.000000802. The predicted molar refractivity (Wildman–Crippen MR) is 149 cm³/mol. The number of esters is 4. The molecule has 0 saturated carbocycles. The van der Waals surface area contributed by atoms with Gasteiger partial charge in [0.05, 0.1) is 38.6 Å². The van der Waals surface area contributed by atoms with Gasteiger partial charge in [0.25, 0.3) is 0 Å². The van der Waals surface area contributed by atoms with Gasteiger partial charge in [0.15, 0.2) is 11.6 Å². The van der Waals surface area contributed by atoms with Gasteiger partial charge in [-0.3, -0.25) is 9.59 Å². The minimum atomic E-state index is -0.911. The number of rotatable bonds is 10. The Morgan fingerprint density at radius 1 is 0.605 bits per heavy atom. The molecular weight excluding hydrogens is 616 g/mol. The van der Waals surface area contributed by atoms with Crippen LogP contribution in [0.2, 0.25) is 0 Å². The van der Waals surface area contributed by atoms with Crippen LogP contribution in [0.4, 0.5) is 0 Å². The van der Waals surface area contributed by atoms with E-state index in [1.807, 2.05) is 0 Å². The average Bonchev–Trinajstić information content (AvgIpc) is 2.96. The Bertz CT molecular complexity index is 1310. The summed E-state index contributed by atoms with van der Waals surface area (Å²) in [4.78, 5) is 69.4. The summed E-state index contributed by atoms with van der Waals surface area (Å²) in [5, 5.41) is 20.3. The molecule has 235 valence electrons. The van der Waals surface area contributed by atoms with Crippen LogP contribution in [0, 0.1) is 0 Å². The van der Waals surface area contributed by atoms with Crippen molar-refractivity contribution < 1.29 is 75.0 Å². The molecule has 0 aliphatic carbocycles. The van der Waals surface area contributed by atoms with Gasteiger partial charge in [0.2, 0.25) is 0 Å². The molecule has 0 unspecified atom stereocenters. The van der Waals surface area contributed by atoms with Crippen molar-refractivity contribution in [2.45, 2.75) is 27.7 Å². The van der Waals surface area contributed by atoms with Crippen LogP contribution in [0.1, 0.15) is 59.5 Å². The van der Waals surface area contributed by atoms with Gasteiger partial charge in [-0.25, -0.2) is 19.2 Å². The van der Waals surface area contributed by atoms with E-state index < -0.39 is 58.1 Å². The number of carbonyl (C=O) groups excluding carboxylic acids is 6. The van der Waals surface area contributed by atoms with Crippen molar-refractivity contribution in [3.05, 3.63) is 81.9 Å². The summed E-state index contributed by atoms with van der Waals surface area (Å²) in [5.74, 6) is -5.34. The molecule has 2 aromatic rings. The van der Waals surface area contributed by atoms with Crippen LogP contribution >= 0.6 is 0 Å². The van der Waals surface area contributed by atoms with Gasteiger partial charge in [0.1, 0.15) is 22.7 Å². The first-order valence-electron chi connectivity index (χ1n) is 12.4. The second-order valence-electron chi connectivity index (χ2n) is 8.15. The summed E-state index contributed by atoms with van der Waals surface area (Å²) in [6.07, 6.45) is 0. The zero-order chi connectivity index (χ0) is 32.0. The maximum atomic E-state index is 11.7. The van der Waals surface area contributed by atoms with Gasteiger partial charge in [-0.15, -0.1) is 0 Å². The molecule has 2 aromatic carbocycles. The molecule has 0 fully saturated rings. The zero-order valence-electron chi connectivity index (χ0n) is 24.3. The number of Topliss-reactive ketones (excluding diaryl/α,β-unsaturated/α-hetero) is 2. The molecule has 0 saturated heterocycles. The molecule has 2 rings (SSSR count). The van der Waals surface area contributed by atoms with Crippen molar-refractivity contribution in [3.63, 3.8) is 0 Å². The molecule has 0 atom stereocenters. The van der Waals surface area contributed by atoms with Gasteiger partial charge >= 0.3 is 23.9 Å². The third kappa shape index (κ3) is 10.9. The van der Waals surface area contributed by atoms with Crippen molar-refractivity contribution in [1.29, 1.82) is 0 Å². The van der Waals surface area contributed by atoms with Crippen molar-refractivity contribution in [3.8, 4) is 0 Å². The fourth-order valence-corrected chi connectivity index (χ4v) is 3.33. The van der Waals surface area contributed by atoms with E-state index in [4.69, 9.17) is 9.47 Å². The van der Waals surface area contributed by atoms with Crippen LogP contribution in [0.15, 0.2) is 59.7 Å². The number of aliphatic hydroxyl groups is 2. The summed E-state index contributed by atoms with van der Waals surface area (Å²) in [6, 6.07) is 11.5. The van der Waals surface area contributed by atoms with E-state index in [1.54, 1.807) is 13.8 Å². The van der Waals surface area contributed by atoms with E-state index >= 15 is 0 Å². The molecule has 0 heterocycles. The van der Waals surface area contributed by atoms with E-state index in [2.05, 4.69) is 9.47 Å². The van der Waals surface area contributed by atoms with Gasteiger partial charge in [-0.05, 0) is 52.0 Å². The van der Waals surface area contributed by atoms with Gasteiger partial charge in [0, 0.05) is 28.2 Å². The Kier molecular flexibility index (Phi) is 16.6. The Labute approximate surface area is 258 Å². The number of carbonyl (C=O) groups is 6. The second-order valence-corrected chi connectivity index (χ2v) is 8.15. The zero-order valence-corrected chi connectivity index (χ0v) is 25.3. The molecule has 0 aliphatic rings. The molecule has 1 radical (unpaired) electrons. The number of hydrogen-bond donors (Lipinski definition) is 2. The minimum Gasteiger partial charge on any atom is -0.506 e. The maximum Gasteiger partial charge on any atom is 0.345 e. The largest absolute Gasteiger partial charge is 0.506 e. The fourth-order valence-electron chi connectivity index (χ4n) is 3.33. The molecule has 13 heteroatoms. The monoisotopic (exact) mass is 647 g/mol. The van der Waals surface area contributed by atoms with E-state index in [1.165, 1.54) is 62.8 Å². The summed E-state index contributed by atoms with van der Waals surface area (Å²) < 4.78 is 18.6. The van der Waals surface area contributed by atoms with Crippen LogP contribution in [0.5, 0.6) is 0 Å². The number of ether oxygens (including phenoxy) is 4. The van der Waals surface area contributed by atoms with Crippen LogP contribution in [-0.2, 0) is 55.2 Å². The van der Waals surface area contributed by atoms with E-state index in [0.717, 1.165) is 13.8 Å². The predicted octanol–water partition coefficient (Wildman–Crippen LogP) is 3.79. The number of ketones is 2. The van der Waals surface area contributed by atoms with E-state index in [0.29, 0.717) is 0 Å². The Hall–Kier alpha value is -4.74. The van der Waals surface area contributed by atoms with Crippen molar-refractivity contribution in [1.82, 2.24) is 0 Å². The van der Waals surface area contributed by atoms with Crippen LogP contribution in [0.3, 0.4) is 0 Å².